The highest BCUT2D eigenvalue weighted by Gasteiger charge is 2.45. The normalized spacial score (nSPS) is 19.4. The number of nitrogens with one attached hydrogen (secondary N) is 3. The van der Waals surface area contributed by atoms with Gasteiger partial charge in [-0.1, -0.05) is 11.6 Å². The van der Waals surface area contributed by atoms with Gasteiger partial charge in [-0.25, -0.2) is 4.98 Å². The molecule has 10 rings (SSSR count). The average molecular weight is 1070 g/mol. The number of ether oxygens (including phenoxy) is 1. The zero-order valence-electron chi connectivity index (χ0n) is 40.9. The first-order chi connectivity index (χ1) is 34.7. The Morgan fingerprint density at radius 1 is 0.819 bits per heavy atom. The van der Waals surface area contributed by atoms with Crippen LogP contribution < -0.4 is 35.8 Å². The number of methoxy groups -OCH3 is 1. The lowest BCUT2D eigenvalue weighted by molar-refractivity contribution is -0.136. The number of hydrogen-bond donors (Lipinski definition) is 3. The van der Waals surface area contributed by atoms with E-state index in [1.54, 1.807) is 36.2 Å². The van der Waals surface area contributed by atoms with E-state index >= 15 is 0 Å². The molecule has 22 heteroatoms. The first-order valence-electron chi connectivity index (χ1n) is 24.1. The number of piperazine rings is 1. The van der Waals surface area contributed by atoms with E-state index in [9.17, 15) is 23.7 Å². The van der Waals surface area contributed by atoms with Crippen LogP contribution in [-0.4, -0.2) is 150 Å². The number of amides is 4. The van der Waals surface area contributed by atoms with Gasteiger partial charge in [0, 0.05) is 121 Å². The molecule has 5 aromatic rings. The predicted octanol–water partition coefficient (Wildman–Crippen LogP) is 5.68. The number of benzene rings is 3. The van der Waals surface area contributed by atoms with Crippen molar-refractivity contribution >= 4 is 87.0 Å². The summed E-state index contributed by atoms with van der Waals surface area (Å²) < 4.78 is 32.6. The van der Waals surface area contributed by atoms with Crippen molar-refractivity contribution in [2.24, 2.45) is 13.0 Å². The van der Waals surface area contributed by atoms with Gasteiger partial charge in [-0.3, -0.25) is 48.4 Å². The summed E-state index contributed by atoms with van der Waals surface area (Å²) in [4.78, 5) is 71.1. The van der Waals surface area contributed by atoms with E-state index in [0.717, 1.165) is 105 Å². The predicted molar refractivity (Wildman–Crippen MR) is 276 cm³/mol. The summed E-state index contributed by atoms with van der Waals surface area (Å²) >= 11 is 3.58. The number of nitrogens with zero attached hydrogens (tertiary/aromatic N) is 9. The first-order valence-corrected chi connectivity index (χ1v) is 26.5. The molecule has 0 aliphatic carbocycles. The van der Waals surface area contributed by atoms with Crippen LogP contribution in [0.2, 0.25) is 0 Å². The van der Waals surface area contributed by atoms with E-state index in [1.165, 1.54) is 14.2 Å². The Kier molecular flexibility index (Phi) is 14.0. The minimum absolute atomic E-state index is 0.0890. The van der Waals surface area contributed by atoms with E-state index in [-0.39, 0.29) is 12.8 Å². The third-order valence-electron chi connectivity index (χ3n) is 14.6. The molecule has 378 valence electrons. The van der Waals surface area contributed by atoms with Gasteiger partial charge in [-0.2, -0.15) is 10.1 Å². The average Bonchev–Trinajstić information content (AvgIpc) is 3.91. The largest absolute Gasteiger partial charge is 0.494 e. The smallest absolute Gasteiger partial charge is 0.362 e. The van der Waals surface area contributed by atoms with Crippen LogP contribution in [0.15, 0.2) is 71.6 Å². The number of hydrogen-bond acceptors (Lipinski definition) is 17. The minimum Gasteiger partial charge on any atom is -0.494 e. The van der Waals surface area contributed by atoms with Crippen LogP contribution in [0.5, 0.6) is 5.75 Å². The molecule has 3 N–H and O–H groups in total. The maximum atomic E-state index is 13.5. The zero-order valence-corrected chi connectivity index (χ0v) is 43.4. The van der Waals surface area contributed by atoms with E-state index < -0.39 is 37.3 Å². The summed E-state index contributed by atoms with van der Waals surface area (Å²) in [6.45, 7) is 10.3. The van der Waals surface area contributed by atoms with Crippen molar-refractivity contribution in [2.75, 3.05) is 101 Å². The quantitative estimate of drug-likeness (QED) is 0.0851. The van der Waals surface area contributed by atoms with Gasteiger partial charge < -0.3 is 34.2 Å². The molecule has 2 aromatic heterocycles. The zero-order chi connectivity index (χ0) is 50.4. The highest BCUT2D eigenvalue weighted by Crippen LogP contribution is 2.48. The highest BCUT2D eigenvalue weighted by molar-refractivity contribution is 9.10. The number of carbonyl (C=O) groups excluding carboxylic acids is 4. The van der Waals surface area contributed by atoms with Crippen LogP contribution in [0.3, 0.4) is 0 Å². The Balaban J connectivity index is 0.747. The third kappa shape index (κ3) is 9.72. The highest BCUT2D eigenvalue weighted by atomic mass is 79.9. The molecule has 0 spiro atoms. The number of halogens is 1. The maximum absolute atomic E-state index is 13.5. The van der Waals surface area contributed by atoms with Crippen molar-refractivity contribution in [3.63, 3.8) is 0 Å². The van der Waals surface area contributed by atoms with Crippen LogP contribution in [0, 0.1) is 12.8 Å². The Labute approximate surface area is 426 Å². The van der Waals surface area contributed by atoms with Crippen molar-refractivity contribution in [3.05, 3.63) is 88.3 Å². The third-order valence-corrected chi connectivity index (χ3v) is 17.1. The molecule has 20 nitrogen and oxygen atoms in total. The molecule has 0 radical (unpaired) electrons. The number of carbonyl (C=O) groups is 4. The second-order valence-electron chi connectivity index (χ2n) is 19.0. The minimum atomic E-state index is -3.61. The van der Waals surface area contributed by atoms with Crippen LogP contribution >= 0.6 is 23.5 Å². The van der Waals surface area contributed by atoms with Crippen molar-refractivity contribution < 1.29 is 37.5 Å². The second-order valence-corrected chi connectivity index (χ2v) is 22.1. The summed E-state index contributed by atoms with van der Waals surface area (Å²) in [6.07, 6.45) is 8.01. The number of likely N-dealkylation sites (tertiary alicyclic amines) is 1. The molecule has 4 amide bonds. The molecule has 1 atom stereocenters. The lowest BCUT2D eigenvalue weighted by Gasteiger charge is -2.49. The monoisotopic (exact) mass is 1060 g/mol. The van der Waals surface area contributed by atoms with Gasteiger partial charge >= 0.3 is 7.60 Å². The number of aromatic nitrogens is 4. The number of fused-ring (bicyclic) bond motifs is 1. The van der Waals surface area contributed by atoms with Gasteiger partial charge in [-0.15, -0.1) is 0 Å². The van der Waals surface area contributed by atoms with Gasteiger partial charge in [0.25, 0.3) is 11.8 Å². The summed E-state index contributed by atoms with van der Waals surface area (Å²) in [5, 5.41) is 13.8. The van der Waals surface area contributed by atoms with Gasteiger partial charge in [0.2, 0.25) is 17.8 Å². The number of aryl methyl sites for hydroxylation is 2. The lowest BCUT2D eigenvalue weighted by atomic mass is 9.93. The van der Waals surface area contributed by atoms with Gasteiger partial charge in [0.15, 0.2) is 0 Å². The fourth-order valence-electron chi connectivity index (χ4n) is 10.5. The van der Waals surface area contributed by atoms with Gasteiger partial charge in [0.05, 0.1) is 45.6 Å². The number of rotatable bonds is 15. The molecule has 7 heterocycles. The molecular weight excluding hydrogens is 1010 g/mol. The van der Waals surface area contributed by atoms with E-state index in [1.807, 2.05) is 44.6 Å². The van der Waals surface area contributed by atoms with Crippen LogP contribution in [0.4, 0.5) is 34.5 Å². The van der Waals surface area contributed by atoms with E-state index in [2.05, 4.69) is 73.7 Å². The lowest BCUT2D eigenvalue weighted by Crippen LogP contribution is -2.61. The molecular formula is C50H58BrN12O8P. The van der Waals surface area contributed by atoms with Gasteiger partial charge in [-0.05, 0) is 97.5 Å². The SMILES string of the molecule is COc1cc(N2CCN(CC3CCN(C4CN(c5ccc6c(c5)C(=O)N(C5CCC(=O)NC5=O)C6=O)C4)CC3)CC2)c(-c2cnn(C)c2)cc1Nc1ncc(Br)c(Nc2ccc(C)cc2P(=O)(OC)OC)n1. The molecule has 5 aliphatic rings. The molecule has 0 saturated carbocycles. The summed E-state index contributed by atoms with van der Waals surface area (Å²) in [5.41, 5.74) is 6.59. The topological polar surface area (TPSA) is 209 Å². The van der Waals surface area contributed by atoms with Crippen molar-refractivity contribution in [1.29, 1.82) is 0 Å². The fourth-order valence-corrected chi connectivity index (χ4v) is 12.1. The van der Waals surface area contributed by atoms with Crippen LogP contribution in [0.25, 0.3) is 11.1 Å². The molecule has 72 heavy (non-hydrogen) atoms. The van der Waals surface area contributed by atoms with E-state index in [0.29, 0.717) is 61.8 Å². The molecule has 3 aromatic carbocycles. The Morgan fingerprint density at radius 2 is 1.57 bits per heavy atom. The molecule has 4 saturated heterocycles. The summed E-state index contributed by atoms with van der Waals surface area (Å²) in [7, 11) is 2.67. The fraction of sp³-hybridized carbons (Fsp3) is 0.420. The maximum Gasteiger partial charge on any atom is 0.362 e. The van der Waals surface area contributed by atoms with Crippen molar-refractivity contribution in [3.8, 4) is 16.9 Å². The van der Waals surface area contributed by atoms with Crippen LogP contribution in [0.1, 0.15) is 52.0 Å². The number of imide groups is 2. The van der Waals surface area contributed by atoms with Crippen molar-refractivity contribution in [2.45, 2.75) is 44.7 Å². The molecule has 0 bridgehead atoms. The van der Waals surface area contributed by atoms with Crippen LogP contribution in [-0.2, 0) is 30.2 Å². The number of anilines is 6. The Bertz CT molecular complexity index is 2980. The first kappa shape index (κ1) is 49.4. The molecule has 1 unspecified atom stereocenters. The summed E-state index contributed by atoms with van der Waals surface area (Å²) in [5.74, 6) is 0.0126. The standard InChI is InChI=1S/C50H58BrN12O8P/c1-30-6-9-39(44(20-30)72(68,70-4)71-5)54-46-38(51)25-52-50(57-46)55-40-22-36(32-24-53-58(2)27-32)42(23-43(40)69-3)61-18-16-59(17-19-61)26-31-12-14-60(15-13-31)34-28-62(29-34)33-7-8-35-37(21-33)49(67)63(48(35)66)41-10-11-45(64)56-47(41)65/h6-9,20-25,27,31,34,41H,10-19,26,28-29H2,1-5H3,(H,56,64,65)(H2,52,54,55,57). The van der Waals surface area contributed by atoms with Gasteiger partial charge in [0.1, 0.15) is 17.6 Å². The second kappa shape index (κ2) is 20.4. The van der Waals surface area contributed by atoms with Crippen molar-refractivity contribution in [1.82, 2.24) is 39.8 Å². The Hall–Kier alpha value is -6.22. The summed E-state index contributed by atoms with van der Waals surface area (Å²) in [6, 6.07) is 14.4. The van der Waals surface area contributed by atoms with E-state index in [4.69, 9.17) is 18.8 Å². The molecule has 5 aliphatic heterocycles. The Morgan fingerprint density at radius 3 is 2.26 bits per heavy atom. The molecule has 4 fully saturated rings. The number of piperidine rings is 2.